The summed E-state index contributed by atoms with van der Waals surface area (Å²) in [5, 5.41) is 13.0. The molecule has 0 bridgehead atoms. The quantitative estimate of drug-likeness (QED) is 0.255. The number of barbiturate groups is 1. The van der Waals surface area contributed by atoms with Gasteiger partial charge in [-0.2, -0.15) is 0 Å². The van der Waals surface area contributed by atoms with Gasteiger partial charge in [0.15, 0.2) is 0 Å². The first-order valence-corrected chi connectivity index (χ1v) is 11.0. The highest BCUT2D eigenvalue weighted by Gasteiger charge is 2.33. The van der Waals surface area contributed by atoms with Crippen LogP contribution in [0.15, 0.2) is 70.0 Å². The zero-order chi connectivity index (χ0) is 24.6. The highest BCUT2D eigenvalue weighted by Crippen LogP contribution is 2.31. The van der Waals surface area contributed by atoms with Crippen molar-refractivity contribution in [3.05, 3.63) is 87.2 Å². The lowest BCUT2D eigenvalue weighted by atomic mass is 10.1. The summed E-state index contributed by atoms with van der Waals surface area (Å²) in [6.45, 7) is 3.81. The number of carbonyl (C=O) groups excluding carboxylic acids is 3. The number of nitrogens with zero attached hydrogens (tertiary/aromatic N) is 3. The summed E-state index contributed by atoms with van der Waals surface area (Å²) in [6.07, 6.45) is 1.50. The molecule has 2 heterocycles. The van der Waals surface area contributed by atoms with Crippen LogP contribution in [0.3, 0.4) is 0 Å². The van der Waals surface area contributed by atoms with Crippen LogP contribution in [0, 0.1) is 24.0 Å². The van der Waals surface area contributed by atoms with E-state index < -0.39 is 22.8 Å². The number of imide groups is 2. The predicted octanol–water partition coefficient (Wildman–Crippen LogP) is 4.25. The summed E-state index contributed by atoms with van der Waals surface area (Å²) in [5.41, 5.74) is 3.29. The molecule has 0 saturated carbocycles. The van der Waals surface area contributed by atoms with Gasteiger partial charge in [0.25, 0.3) is 17.5 Å². The van der Waals surface area contributed by atoms with E-state index in [-0.39, 0.29) is 11.3 Å². The number of benzene rings is 2. The Morgan fingerprint density at radius 3 is 2.15 bits per heavy atom. The summed E-state index contributed by atoms with van der Waals surface area (Å²) < 4.78 is 2.01. The molecule has 0 radical (unpaired) electrons. The molecule has 0 unspecified atom stereocenters. The van der Waals surface area contributed by atoms with Gasteiger partial charge in [0.2, 0.25) is 0 Å². The molecule has 1 aromatic heterocycles. The van der Waals surface area contributed by atoms with E-state index >= 15 is 0 Å². The van der Waals surface area contributed by atoms with Gasteiger partial charge in [-0.3, -0.25) is 29.9 Å². The van der Waals surface area contributed by atoms with Gasteiger partial charge in [-0.15, -0.1) is 0 Å². The van der Waals surface area contributed by atoms with Crippen molar-refractivity contribution in [3.63, 3.8) is 0 Å². The minimum absolute atomic E-state index is 0.0506. The molecule has 172 valence electrons. The number of nitro groups is 1. The molecule has 0 aliphatic carbocycles. The number of nitrogens with one attached hydrogen (secondary N) is 1. The molecule has 1 N–H and O–H groups in total. The van der Waals surface area contributed by atoms with Gasteiger partial charge in [-0.05, 0) is 68.0 Å². The third-order valence-corrected chi connectivity index (χ3v) is 6.47. The maximum absolute atomic E-state index is 12.4. The maximum atomic E-state index is 12.4. The van der Waals surface area contributed by atoms with Crippen LogP contribution >= 0.6 is 11.8 Å². The Kier molecular flexibility index (Phi) is 6.08. The van der Waals surface area contributed by atoms with Crippen LogP contribution in [0.5, 0.6) is 0 Å². The predicted molar refractivity (Wildman–Crippen MR) is 127 cm³/mol. The van der Waals surface area contributed by atoms with Gasteiger partial charge in [0.1, 0.15) is 5.57 Å². The molecule has 1 aliphatic rings. The van der Waals surface area contributed by atoms with Crippen LogP contribution in [0.2, 0.25) is 0 Å². The number of aromatic nitrogens is 1. The van der Waals surface area contributed by atoms with E-state index in [1.807, 2.05) is 48.7 Å². The van der Waals surface area contributed by atoms with Crippen molar-refractivity contribution < 1.29 is 19.3 Å². The number of nitro benzene ring substituents is 1. The lowest BCUT2D eigenvalue weighted by Gasteiger charge is -2.22. The van der Waals surface area contributed by atoms with E-state index in [1.54, 1.807) is 12.1 Å². The fraction of sp³-hybridized carbons (Fsp3) is 0.125. The normalized spacial score (nSPS) is 15.1. The Morgan fingerprint density at radius 2 is 1.56 bits per heavy atom. The fourth-order valence-corrected chi connectivity index (χ4v) is 4.48. The standard InChI is InChI=1S/C24H20N4O5S/c1-14-12-16(13-21-22(29)25-24(31)26(3)23(21)30)15(2)27(14)17-4-8-19(9-5-17)34-20-10-6-18(7-11-20)28(32)33/h4-13H,1-3H3,(H,25,29,31)/b21-13-. The van der Waals surface area contributed by atoms with E-state index in [0.717, 1.165) is 31.8 Å². The molecule has 0 atom stereocenters. The number of rotatable bonds is 5. The van der Waals surface area contributed by atoms with Gasteiger partial charge in [0.05, 0.1) is 4.92 Å². The summed E-state index contributed by atoms with van der Waals surface area (Å²) >= 11 is 1.49. The Balaban J connectivity index is 1.58. The van der Waals surface area contributed by atoms with Crippen molar-refractivity contribution in [2.45, 2.75) is 23.6 Å². The minimum atomic E-state index is -0.746. The van der Waals surface area contributed by atoms with Crippen molar-refractivity contribution in [2.75, 3.05) is 7.05 Å². The smallest absolute Gasteiger partial charge is 0.318 e. The van der Waals surface area contributed by atoms with Crippen LogP contribution in [-0.4, -0.2) is 39.3 Å². The molecule has 1 aliphatic heterocycles. The lowest BCUT2D eigenvalue weighted by molar-refractivity contribution is -0.384. The molecule has 4 rings (SSSR count). The monoisotopic (exact) mass is 476 g/mol. The maximum Gasteiger partial charge on any atom is 0.331 e. The number of hydrogen-bond donors (Lipinski definition) is 1. The molecule has 10 heteroatoms. The molecule has 34 heavy (non-hydrogen) atoms. The van der Waals surface area contributed by atoms with Gasteiger partial charge in [0, 0.05) is 46.0 Å². The van der Waals surface area contributed by atoms with Crippen LogP contribution in [0.1, 0.15) is 17.0 Å². The topological polar surface area (TPSA) is 115 Å². The molecule has 1 fully saturated rings. The number of carbonyl (C=O) groups is 3. The van der Waals surface area contributed by atoms with Gasteiger partial charge < -0.3 is 4.57 Å². The summed E-state index contributed by atoms with van der Waals surface area (Å²) in [4.78, 5) is 49.3. The van der Waals surface area contributed by atoms with E-state index in [0.29, 0.717) is 5.56 Å². The van der Waals surface area contributed by atoms with Crippen molar-refractivity contribution in [1.29, 1.82) is 0 Å². The SMILES string of the molecule is Cc1cc(/C=C2/C(=O)NC(=O)N(C)C2=O)c(C)n1-c1ccc(Sc2ccc([N+](=O)[O-])cc2)cc1. The van der Waals surface area contributed by atoms with Gasteiger partial charge in [-0.1, -0.05) is 11.8 Å². The summed E-state index contributed by atoms with van der Waals surface area (Å²) in [6, 6.07) is 15.3. The van der Waals surface area contributed by atoms with Crippen molar-refractivity contribution in [2.24, 2.45) is 0 Å². The lowest BCUT2D eigenvalue weighted by Crippen LogP contribution is -2.52. The Morgan fingerprint density at radius 1 is 0.971 bits per heavy atom. The number of likely N-dealkylation sites (N-methyl/N-ethyl adjacent to an activating group) is 1. The molecular formula is C24H20N4O5S. The first kappa shape index (κ1) is 23.0. The van der Waals surface area contributed by atoms with E-state index in [4.69, 9.17) is 0 Å². The summed E-state index contributed by atoms with van der Waals surface area (Å²) in [5.74, 6) is -1.36. The van der Waals surface area contributed by atoms with Gasteiger partial charge >= 0.3 is 6.03 Å². The number of non-ortho nitro benzene ring substituents is 1. The molecule has 9 nitrogen and oxygen atoms in total. The van der Waals surface area contributed by atoms with E-state index in [9.17, 15) is 24.5 Å². The third-order valence-electron chi connectivity index (χ3n) is 5.45. The average molecular weight is 477 g/mol. The minimum Gasteiger partial charge on any atom is -0.318 e. The molecule has 0 spiro atoms. The number of amides is 4. The second kappa shape index (κ2) is 8.99. The average Bonchev–Trinajstić information content (AvgIpc) is 3.09. The molecular weight excluding hydrogens is 456 g/mol. The summed E-state index contributed by atoms with van der Waals surface area (Å²) in [7, 11) is 1.32. The molecule has 4 amide bonds. The Hall–Kier alpha value is -4.18. The van der Waals surface area contributed by atoms with Crippen LogP contribution in [-0.2, 0) is 9.59 Å². The fourth-order valence-electron chi connectivity index (χ4n) is 3.67. The van der Waals surface area contributed by atoms with E-state index in [2.05, 4.69) is 5.32 Å². The Labute approximate surface area is 199 Å². The van der Waals surface area contributed by atoms with Crippen LogP contribution in [0.25, 0.3) is 11.8 Å². The largest absolute Gasteiger partial charge is 0.331 e. The first-order valence-electron chi connectivity index (χ1n) is 10.2. The number of aryl methyl sites for hydroxylation is 1. The van der Waals surface area contributed by atoms with E-state index in [1.165, 1.54) is 37.0 Å². The Bertz CT molecular complexity index is 1360. The number of urea groups is 1. The van der Waals surface area contributed by atoms with Crippen molar-refractivity contribution >= 4 is 41.4 Å². The zero-order valence-corrected chi connectivity index (χ0v) is 19.4. The van der Waals surface area contributed by atoms with Gasteiger partial charge in [-0.25, -0.2) is 4.79 Å². The molecule has 2 aromatic carbocycles. The second-order valence-corrected chi connectivity index (χ2v) is 8.84. The molecule has 1 saturated heterocycles. The van der Waals surface area contributed by atoms with Crippen LogP contribution in [0.4, 0.5) is 10.5 Å². The second-order valence-electron chi connectivity index (χ2n) is 7.69. The highest BCUT2D eigenvalue weighted by atomic mass is 32.2. The molecule has 3 aromatic rings. The van der Waals surface area contributed by atoms with Crippen molar-refractivity contribution in [1.82, 2.24) is 14.8 Å². The third kappa shape index (κ3) is 4.35. The number of hydrogen-bond acceptors (Lipinski definition) is 6. The van der Waals surface area contributed by atoms with Crippen molar-refractivity contribution in [3.8, 4) is 5.69 Å². The first-order chi connectivity index (χ1) is 16.2. The zero-order valence-electron chi connectivity index (χ0n) is 18.6. The van der Waals surface area contributed by atoms with Crippen LogP contribution < -0.4 is 5.32 Å². The highest BCUT2D eigenvalue weighted by molar-refractivity contribution is 7.99.